The SMILES string of the molecule is CCC(C)N(C(=O)COS(C)(=O)=O)c1ccccc1. The van der Waals surface area contributed by atoms with E-state index in [9.17, 15) is 13.2 Å². The predicted molar refractivity (Wildman–Crippen MR) is 74.5 cm³/mol. The number of anilines is 1. The van der Waals surface area contributed by atoms with Gasteiger partial charge < -0.3 is 4.90 Å². The van der Waals surface area contributed by atoms with Crippen molar-refractivity contribution in [3.05, 3.63) is 30.3 Å². The summed E-state index contributed by atoms with van der Waals surface area (Å²) in [5, 5.41) is 0. The van der Waals surface area contributed by atoms with Gasteiger partial charge in [-0.05, 0) is 25.5 Å². The minimum Gasteiger partial charge on any atom is -0.308 e. The van der Waals surface area contributed by atoms with Gasteiger partial charge in [0.15, 0.2) is 0 Å². The maximum absolute atomic E-state index is 12.1. The number of amides is 1. The first-order valence-corrected chi connectivity index (χ1v) is 7.88. The fourth-order valence-electron chi connectivity index (χ4n) is 1.64. The molecular weight excluding hydrogens is 266 g/mol. The molecule has 0 bridgehead atoms. The average molecular weight is 285 g/mol. The maximum Gasteiger partial charge on any atom is 0.264 e. The maximum atomic E-state index is 12.1. The second-order valence-corrected chi connectivity index (χ2v) is 5.97. The lowest BCUT2D eigenvalue weighted by Crippen LogP contribution is -2.41. The summed E-state index contributed by atoms with van der Waals surface area (Å²) in [4.78, 5) is 13.7. The summed E-state index contributed by atoms with van der Waals surface area (Å²) in [6.07, 6.45) is 1.69. The summed E-state index contributed by atoms with van der Waals surface area (Å²) in [5.74, 6) is -0.369. The van der Waals surface area contributed by atoms with E-state index in [1.54, 1.807) is 4.90 Å². The summed E-state index contributed by atoms with van der Waals surface area (Å²) in [6, 6.07) is 9.10. The van der Waals surface area contributed by atoms with Crippen LogP contribution >= 0.6 is 0 Å². The van der Waals surface area contributed by atoms with Gasteiger partial charge in [0.25, 0.3) is 16.0 Å². The molecule has 1 rings (SSSR count). The standard InChI is InChI=1S/C13H19NO4S/c1-4-11(2)14(12-8-6-5-7-9-12)13(15)10-18-19(3,16)17/h5-9,11H,4,10H2,1-3H3. The molecule has 0 heterocycles. The van der Waals surface area contributed by atoms with Crippen LogP contribution in [0, 0.1) is 0 Å². The van der Waals surface area contributed by atoms with E-state index in [2.05, 4.69) is 4.18 Å². The Balaban J connectivity index is 2.89. The van der Waals surface area contributed by atoms with Crippen molar-refractivity contribution in [2.24, 2.45) is 0 Å². The van der Waals surface area contributed by atoms with Crippen LogP contribution in [0.4, 0.5) is 5.69 Å². The Morgan fingerprint density at radius 1 is 1.32 bits per heavy atom. The first-order valence-electron chi connectivity index (χ1n) is 6.06. The van der Waals surface area contributed by atoms with Crippen molar-refractivity contribution in [1.29, 1.82) is 0 Å². The highest BCUT2D eigenvalue weighted by molar-refractivity contribution is 7.86. The smallest absolute Gasteiger partial charge is 0.264 e. The Hall–Kier alpha value is -1.40. The predicted octanol–water partition coefficient (Wildman–Crippen LogP) is 1.79. The van der Waals surface area contributed by atoms with Gasteiger partial charge in [-0.3, -0.25) is 8.98 Å². The lowest BCUT2D eigenvalue weighted by Gasteiger charge is -2.28. The normalized spacial score (nSPS) is 13.0. The van der Waals surface area contributed by atoms with Crippen LogP contribution in [0.3, 0.4) is 0 Å². The zero-order valence-corrected chi connectivity index (χ0v) is 12.2. The van der Waals surface area contributed by atoms with Crippen LogP contribution in [-0.2, 0) is 19.1 Å². The molecule has 1 aromatic rings. The minimum absolute atomic E-state index is 0.0296. The Labute approximate surface area is 114 Å². The van der Waals surface area contributed by atoms with Crippen molar-refractivity contribution in [2.45, 2.75) is 26.3 Å². The van der Waals surface area contributed by atoms with Crippen LogP contribution in [-0.4, -0.2) is 33.2 Å². The number of carbonyl (C=O) groups excluding carboxylic acids is 1. The highest BCUT2D eigenvalue weighted by atomic mass is 32.2. The highest BCUT2D eigenvalue weighted by Gasteiger charge is 2.22. The van der Waals surface area contributed by atoms with E-state index in [1.165, 1.54) is 0 Å². The molecule has 1 unspecified atom stereocenters. The average Bonchev–Trinajstić information content (AvgIpc) is 2.37. The van der Waals surface area contributed by atoms with Gasteiger partial charge in [0.2, 0.25) is 0 Å². The van der Waals surface area contributed by atoms with Crippen molar-refractivity contribution in [3.63, 3.8) is 0 Å². The van der Waals surface area contributed by atoms with E-state index in [-0.39, 0.29) is 11.9 Å². The molecule has 0 fully saturated rings. The first kappa shape index (κ1) is 15.7. The van der Waals surface area contributed by atoms with Crippen LogP contribution in [0.15, 0.2) is 30.3 Å². The molecule has 0 aliphatic heterocycles. The van der Waals surface area contributed by atoms with Crippen molar-refractivity contribution in [1.82, 2.24) is 0 Å². The molecular formula is C13H19NO4S. The molecule has 5 nitrogen and oxygen atoms in total. The summed E-state index contributed by atoms with van der Waals surface area (Å²) in [6.45, 7) is 3.40. The topological polar surface area (TPSA) is 63.7 Å². The molecule has 0 radical (unpaired) electrons. The number of para-hydroxylation sites is 1. The third-order valence-corrected chi connectivity index (χ3v) is 3.28. The lowest BCUT2D eigenvalue weighted by atomic mass is 10.2. The quantitative estimate of drug-likeness (QED) is 0.748. The van der Waals surface area contributed by atoms with Crippen LogP contribution in [0.2, 0.25) is 0 Å². The summed E-state index contributed by atoms with van der Waals surface area (Å²) >= 11 is 0. The summed E-state index contributed by atoms with van der Waals surface area (Å²) in [7, 11) is -3.61. The second-order valence-electron chi connectivity index (χ2n) is 4.32. The molecule has 0 aliphatic rings. The molecule has 0 aromatic heterocycles. The van der Waals surface area contributed by atoms with Gasteiger partial charge in [-0.15, -0.1) is 0 Å². The summed E-state index contributed by atoms with van der Waals surface area (Å²) < 4.78 is 26.5. The molecule has 6 heteroatoms. The molecule has 1 atom stereocenters. The van der Waals surface area contributed by atoms with E-state index >= 15 is 0 Å². The van der Waals surface area contributed by atoms with E-state index in [0.29, 0.717) is 0 Å². The number of hydrogen-bond donors (Lipinski definition) is 0. The Kier molecular flexibility index (Phi) is 5.50. The zero-order chi connectivity index (χ0) is 14.5. The number of benzene rings is 1. The van der Waals surface area contributed by atoms with Gasteiger partial charge in [-0.1, -0.05) is 25.1 Å². The van der Waals surface area contributed by atoms with Gasteiger partial charge in [-0.25, -0.2) is 0 Å². The van der Waals surface area contributed by atoms with Crippen LogP contribution < -0.4 is 4.90 Å². The summed E-state index contributed by atoms with van der Waals surface area (Å²) in [5.41, 5.74) is 0.735. The fourth-order valence-corrected chi connectivity index (χ4v) is 1.96. The third kappa shape index (κ3) is 5.00. The molecule has 0 saturated carbocycles. The van der Waals surface area contributed by atoms with Crippen molar-refractivity contribution >= 4 is 21.7 Å². The molecule has 106 valence electrons. The highest BCUT2D eigenvalue weighted by Crippen LogP contribution is 2.18. The zero-order valence-electron chi connectivity index (χ0n) is 11.4. The van der Waals surface area contributed by atoms with Crippen molar-refractivity contribution < 1.29 is 17.4 Å². The van der Waals surface area contributed by atoms with Crippen molar-refractivity contribution in [2.75, 3.05) is 17.8 Å². The van der Waals surface area contributed by atoms with Gasteiger partial charge >= 0.3 is 0 Å². The fraction of sp³-hybridized carbons (Fsp3) is 0.462. The molecule has 0 N–H and O–H groups in total. The Morgan fingerprint density at radius 3 is 2.37 bits per heavy atom. The lowest BCUT2D eigenvalue weighted by molar-refractivity contribution is -0.120. The Morgan fingerprint density at radius 2 is 1.89 bits per heavy atom. The number of carbonyl (C=O) groups is 1. The molecule has 1 amide bonds. The van der Waals surface area contributed by atoms with Gasteiger partial charge in [0.1, 0.15) is 6.61 Å². The molecule has 19 heavy (non-hydrogen) atoms. The van der Waals surface area contributed by atoms with Gasteiger partial charge in [0, 0.05) is 11.7 Å². The molecule has 0 aliphatic carbocycles. The van der Waals surface area contributed by atoms with Gasteiger partial charge in [-0.2, -0.15) is 8.42 Å². The van der Waals surface area contributed by atoms with E-state index in [4.69, 9.17) is 0 Å². The molecule has 0 saturated heterocycles. The van der Waals surface area contributed by atoms with E-state index < -0.39 is 16.7 Å². The van der Waals surface area contributed by atoms with Crippen LogP contribution in [0.5, 0.6) is 0 Å². The molecule has 0 spiro atoms. The number of rotatable bonds is 6. The largest absolute Gasteiger partial charge is 0.308 e. The van der Waals surface area contributed by atoms with E-state index in [1.807, 2.05) is 44.2 Å². The minimum atomic E-state index is -3.61. The first-order chi connectivity index (χ1) is 8.85. The van der Waals surface area contributed by atoms with Crippen LogP contribution in [0.1, 0.15) is 20.3 Å². The number of hydrogen-bond acceptors (Lipinski definition) is 4. The Bertz CT molecular complexity index is 513. The van der Waals surface area contributed by atoms with E-state index in [0.717, 1.165) is 18.4 Å². The third-order valence-electron chi connectivity index (χ3n) is 2.73. The van der Waals surface area contributed by atoms with Crippen LogP contribution in [0.25, 0.3) is 0 Å². The number of nitrogens with zero attached hydrogens (tertiary/aromatic N) is 1. The van der Waals surface area contributed by atoms with Gasteiger partial charge in [0.05, 0.1) is 6.26 Å². The second kappa shape index (κ2) is 6.68. The van der Waals surface area contributed by atoms with Crippen molar-refractivity contribution in [3.8, 4) is 0 Å². The molecule has 1 aromatic carbocycles. The monoisotopic (exact) mass is 285 g/mol.